The average molecular weight is 254 g/mol. The van der Waals surface area contributed by atoms with Gasteiger partial charge in [0.2, 0.25) is 0 Å². The van der Waals surface area contributed by atoms with Crippen LogP contribution in [0.25, 0.3) is 0 Å². The fourth-order valence-corrected chi connectivity index (χ4v) is 1.59. The summed E-state index contributed by atoms with van der Waals surface area (Å²) in [5, 5.41) is 4.11. The van der Waals surface area contributed by atoms with Gasteiger partial charge in [0.05, 0.1) is 24.6 Å². The first kappa shape index (κ1) is 12.8. The molecule has 2 aromatic carbocycles. The minimum absolute atomic E-state index is 0.373. The highest BCUT2D eigenvalue weighted by Crippen LogP contribution is 2.09. The molecule has 0 aliphatic heterocycles. The summed E-state index contributed by atoms with van der Waals surface area (Å²) in [5.74, 6) is -0.373. The Kier molecular flexibility index (Phi) is 4.29. The summed E-state index contributed by atoms with van der Waals surface area (Å²) in [6.07, 6.45) is 1.60. The van der Waals surface area contributed by atoms with Gasteiger partial charge in [-0.25, -0.2) is 4.79 Å². The summed E-state index contributed by atoms with van der Waals surface area (Å²) in [6, 6.07) is 16.7. The fourth-order valence-electron chi connectivity index (χ4n) is 1.59. The van der Waals surface area contributed by atoms with Crippen molar-refractivity contribution in [3.05, 3.63) is 65.7 Å². The number of anilines is 1. The van der Waals surface area contributed by atoms with Crippen LogP contribution in [-0.4, -0.2) is 19.3 Å². The molecule has 19 heavy (non-hydrogen) atoms. The Morgan fingerprint density at radius 3 is 2.53 bits per heavy atom. The molecule has 4 heteroatoms. The highest BCUT2D eigenvalue weighted by molar-refractivity contribution is 5.99. The first-order valence-electron chi connectivity index (χ1n) is 5.83. The molecule has 0 heterocycles. The zero-order valence-electron chi connectivity index (χ0n) is 10.5. The second-order valence-corrected chi connectivity index (χ2v) is 3.81. The lowest BCUT2D eigenvalue weighted by molar-refractivity contribution is 0.0600. The predicted molar refractivity (Wildman–Crippen MR) is 75.4 cm³/mol. The summed E-state index contributed by atoms with van der Waals surface area (Å²) in [5.41, 5.74) is 4.97. The zero-order chi connectivity index (χ0) is 13.5. The number of rotatable bonds is 4. The van der Waals surface area contributed by atoms with E-state index in [0.29, 0.717) is 11.1 Å². The Labute approximate surface area is 111 Å². The van der Waals surface area contributed by atoms with Crippen LogP contribution in [-0.2, 0) is 4.74 Å². The second-order valence-electron chi connectivity index (χ2n) is 3.81. The molecule has 0 aliphatic carbocycles. The molecule has 0 radical (unpaired) electrons. The smallest absolute Gasteiger partial charge is 0.338 e. The molecule has 0 bridgehead atoms. The Hall–Kier alpha value is -2.62. The van der Waals surface area contributed by atoms with Gasteiger partial charge in [-0.1, -0.05) is 36.4 Å². The molecule has 0 aliphatic rings. The van der Waals surface area contributed by atoms with Crippen LogP contribution >= 0.6 is 0 Å². The Balaban J connectivity index is 2.13. The SMILES string of the molecule is COC(=O)c1ccccc1C=NNc1ccccc1. The average Bonchev–Trinajstić information content (AvgIpc) is 2.48. The number of ether oxygens (including phenoxy) is 1. The highest BCUT2D eigenvalue weighted by Gasteiger charge is 2.08. The molecule has 96 valence electrons. The predicted octanol–water partition coefficient (Wildman–Crippen LogP) is 2.92. The summed E-state index contributed by atoms with van der Waals surface area (Å²) >= 11 is 0. The van der Waals surface area contributed by atoms with Gasteiger partial charge in [-0.3, -0.25) is 5.43 Å². The lowest BCUT2D eigenvalue weighted by Gasteiger charge is -2.03. The minimum Gasteiger partial charge on any atom is -0.465 e. The summed E-state index contributed by atoms with van der Waals surface area (Å²) in [4.78, 5) is 11.6. The molecule has 0 fully saturated rings. The molecule has 0 spiro atoms. The van der Waals surface area contributed by atoms with Gasteiger partial charge in [0.25, 0.3) is 0 Å². The maximum absolute atomic E-state index is 11.6. The number of hydrogen-bond acceptors (Lipinski definition) is 4. The number of carbonyl (C=O) groups excluding carboxylic acids is 1. The maximum Gasteiger partial charge on any atom is 0.338 e. The van der Waals surface area contributed by atoms with Crippen LogP contribution in [0.4, 0.5) is 5.69 Å². The summed E-state index contributed by atoms with van der Waals surface area (Å²) in [7, 11) is 1.36. The molecule has 2 aromatic rings. The van der Waals surface area contributed by atoms with Crippen molar-refractivity contribution >= 4 is 17.9 Å². The standard InChI is InChI=1S/C15H14N2O2/c1-19-15(18)14-10-6-5-7-12(14)11-16-17-13-8-3-2-4-9-13/h2-11,17H,1H3. The topological polar surface area (TPSA) is 50.7 Å². The Morgan fingerprint density at radius 2 is 1.79 bits per heavy atom. The van der Waals surface area contributed by atoms with Gasteiger partial charge >= 0.3 is 5.97 Å². The van der Waals surface area contributed by atoms with E-state index in [0.717, 1.165) is 5.69 Å². The number of methoxy groups -OCH3 is 1. The lowest BCUT2D eigenvalue weighted by Crippen LogP contribution is -2.05. The molecule has 0 atom stereocenters. The molecular weight excluding hydrogens is 240 g/mol. The number of nitrogens with one attached hydrogen (secondary N) is 1. The van der Waals surface area contributed by atoms with Crippen molar-refractivity contribution in [1.29, 1.82) is 0 Å². The molecule has 0 amide bonds. The van der Waals surface area contributed by atoms with E-state index in [9.17, 15) is 4.79 Å². The molecule has 1 N–H and O–H groups in total. The number of nitrogens with zero attached hydrogens (tertiary/aromatic N) is 1. The van der Waals surface area contributed by atoms with Crippen LogP contribution in [0.3, 0.4) is 0 Å². The van der Waals surface area contributed by atoms with E-state index < -0.39 is 0 Å². The number of carbonyl (C=O) groups is 1. The van der Waals surface area contributed by atoms with E-state index in [1.807, 2.05) is 42.5 Å². The van der Waals surface area contributed by atoms with E-state index in [1.165, 1.54) is 7.11 Å². The monoisotopic (exact) mass is 254 g/mol. The van der Waals surface area contributed by atoms with Gasteiger partial charge in [-0.2, -0.15) is 5.10 Å². The molecule has 0 unspecified atom stereocenters. The third-order valence-electron chi connectivity index (χ3n) is 2.54. The summed E-state index contributed by atoms with van der Waals surface area (Å²) in [6.45, 7) is 0. The quantitative estimate of drug-likeness (QED) is 0.518. The van der Waals surface area contributed by atoms with E-state index in [1.54, 1.807) is 18.3 Å². The third-order valence-corrected chi connectivity index (χ3v) is 2.54. The van der Waals surface area contributed by atoms with Crippen LogP contribution in [0.2, 0.25) is 0 Å². The van der Waals surface area contributed by atoms with Gasteiger partial charge in [0.15, 0.2) is 0 Å². The maximum atomic E-state index is 11.6. The molecule has 4 nitrogen and oxygen atoms in total. The largest absolute Gasteiger partial charge is 0.465 e. The van der Waals surface area contributed by atoms with E-state index in [-0.39, 0.29) is 5.97 Å². The van der Waals surface area contributed by atoms with Crippen molar-refractivity contribution in [3.63, 3.8) is 0 Å². The van der Waals surface area contributed by atoms with Gasteiger partial charge in [-0.15, -0.1) is 0 Å². The lowest BCUT2D eigenvalue weighted by atomic mass is 10.1. The van der Waals surface area contributed by atoms with Gasteiger partial charge in [0.1, 0.15) is 0 Å². The van der Waals surface area contributed by atoms with Gasteiger partial charge in [0, 0.05) is 5.56 Å². The van der Waals surface area contributed by atoms with Crippen molar-refractivity contribution in [2.24, 2.45) is 5.10 Å². The van der Waals surface area contributed by atoms with Crippen LogP contribution in [0.15, 0.2) is 59.7 Å². The van der Waals surface area contributed by atoms with Crippen molar-refractivity contribution in [3.8, 4) is 0 Å². The first-order chi connectivity index (χ1) is 9.31. The molecule has 0 saturated heterocycles. The fraction of sp³-hybridized carbons (Fsp3) is 0.0667. The Morgan fingerprint density at radius 1 is 1.11 bits per heavy atom. The number of benzene rings is 2. The van der Waals surface area contributed by atoms with E-state index in [2.05, 4.69) is 10.5 Å². The van der Waals surface area contributed by atoms with E-state index in [4.69, 9.17) is 4.74 Å². The van der Waals surface area contributed by atoms with Crippen molar-refractivity contribution in [2.75, 3.05) is 12.5 Å². The summed E-state index contributed by atoms with van der Waals surface area (Å²) < 4.78 is 4.72. The minimum atomic E-state index is -0.373. The van der Waals surface area contributed by atoms with Gasteiger partial charge in [-0.05, 0) is 18.2 Å². The van der Waals surface area contributed by atoms with Crippen molar-refractivity contribution in [2.45, 2.75) is 0 Å². The number of para-hydroxylation sites is 1. The van der Waals surface area contributed by atoms with E-state index >= 15 is 0 Å². The second kappa shape index (κ2) is 6.35. The number of esters is 1. The van der Waals surface area contributed by atoms with Crippen LogP contribution in [0.5, 0.6) is 0 Å². The van der Waals surface area contributed by atoms with Crippen LogP contribution in [0.1, 0.15) is 15.9 Å². The Bertz CT molecular complexity index is 580. The van der Waals surface area contributed by atoms with Gasteiger partial charge < -0.3 is 4.74 Å². The molecule has 2 rings (SSSR count). The molecule has 0 aromatic heterocycles. The number of hydrogen-bond donors (Lipinski definition) is 1. The molecular formula is C15H14N2O2. The van der Waals surface area contributed by atoms with Crippen molar-refractivity contribution in [1.82, 2.24) is 0 Å². The number of hydrazone groups is 1. The van der Waals surface area contributed by atoms with Crippen molar-refractivity contribution < 1.29 is 9.53 Å². The third kappa shape index (κ3) is 3.42. The van der Waals surface area contributed by atoms with Crippen LogP contribution < -0.4 is 5.43 Å². The first-order valence-corrected chi connectivity index (χ1v) is 5.83. The van der Waals surface area contributed by atoms with Crippen LogP contribution in [0, 0.1) is 0 Å². The normalized spacial score (nSPS) is 10.4. The highest BCUT2D eigenvalue weighted by atomic mass is 16.5. The molecule has 0 saturated carbocycles. The zero-order valence-corrected chi connectivity index (χ0v) is 10.5.